The number of carbonyl (C=O) groups excluding carboxylic acids is 1. The molecule has 30 heavy (non-hydrogen) atoms. The number of nitrogens with zero attached hydrogens (tertiary/aromatic N) is 3. The summed E-state index contributed by atoms with van der Waals surface area (Å²) < 4.78 is 1.69. The summed E-state index contributed by atoms with van der Waals surface area (Å²) in [6, 6.07) is 20.5. The molecule has 0 saturated carbocycles. The van der Waals surface area contributed by atoms with Crippen LogP contribution in [-0.4, -0.2) is 27.0 Å². The topological polar surface area (TPSA) is 79.5 Å². The van der Waals surface area contributed by atoms with E-state index in [9.17, 15) is 9.90 Å². The molecule has 0 fully saturated rings. The average Bonchev–Trinajstić information content (AvgIpc) is 3.01. The molecule has 0 aliphatic heterocycles. The van der Waals surface area contributed by atoms with Crippen LogP contribution in [0.15, 0.2) is 71.8 Å². The largest absolute Gasteiger partial charge is 0.507 e. The highest BCUT2D eigenvalue weighted by atomic mass is 35.5. The molecule has 6 nitrogen and oxygen atoms in total. The van der Waals surface area contributed by atoms with E-state index in [0.717, 1.165) is 16.3 Å². The van der Waals surface area contributed by atoms with Crippen LogP contribution in [0.25, 0.3) is 10.8 Å². The zero-order valence-electron chi connectivity index (χ0n) is 16.2. The van der Waals surface area contributed by atoms with Crippen molar-refractivity contribution in [1.82, 2.24) is 15.2 Å². The zero-order chi connectivity index (χ0) is 21.1. The minimum Gasteiger partial charge on any atom is -0.507 e. The van der Waals surface area contributed by atoms with Crippen molar-refractivity contribution in [2.45, 2.75) is 13.5 Å². The van der Waals surface area contributed by atoms with Gasteiger partial charge in [-0.1, -0.05) is 66.2 Å². The normalized spacial score (nSPS) is 11.3. The molecule has 0 aliphatic rings. The fourth-order valence-corrected chi connectivity index (χ4v) is 3.48. The predicted molar refractivity (Wildman–Crippen MR) is 118 cm³/mol. The van der Waals surface area contributed by atoms with E-state index in [4.69, 9.17) is 11.6 Å². The van der Waals surface area contributed by atoms with E-state index in [2.05, 4.69) is 15.6 Å². The Morgan fingerprint density at radius 2 is 1.80 bits per heavy atom. The van der Waals surface area contributed by atoms with Crippen molar-refractivity contribution < 1.29 is 9.90 Å². The van der Waals surface area contributed by atoms with E-state index >= 15 is 0 Å². The Morgan fingerprint density at radius 3 is 2.53 bits per heavy atom. The molecule has 0 atom stereocenters. The van der Waals surface area contributed by atoms with Crippen LogP contribution in [-0.2, 0) is 6.54 Å². The van der Waals surface area contributed by atoms with Crippen molar-refractivity contribution in [2.24, 2.45) is 5.10 Å². The second-order valence-electron chi connectivity index (χ2n) is 6.85. The van der Waals surface area contributed by atoms with Gasteiger partial charge in [-0.25, -0.2) is 10.1 Å². The van der Waals surface area contributed by atoms with E-state index in [-0.39, 0.29) is 11.3 Å². The summed E-state index contributed by atoms with van der Waals surface area (Å²) >= 11 is 6.46. The number of rotatable bonds is 5. The fourth-order valence-electron chi connectivity index (χ4n) is 3.20. The summed E-state index contributed by atoms with van der Waals surface area (Å²) in [6.07, 6.45) is 1.46. The lowest BCUT2D eigenvalue weighted by molar-refractivity contribution is 0.0952. The number of aromatic hydroxyl groups is 1. The molecule has 0 spiro atoms. The van der Waals surface area contributed by atoms with Gasteiger partial charge in [0.1, 0.15) is 10.9 Å². The molecular weight excluding hydrogens is 400 g/mol. The minimum atomic E-state index is -0.514. The predicted octanol–water partition coefficient (Wildman–Crippen LogP) is 4.52. The molecule has 2 N–H and O–H groups in total. The number of phenols is 1. The number of phenolic OH excluding ortho intramolecular Hbond substituents is 1. The molecule has 0 saturated heterocycles. The number of carbonyl (C=O) groups is 1. The molecule has 0 aliphatic carbocycles. The number of amides is 1. The third-order valence-electron chi connectivity index (χ3n) is 4.75. The molecule has 7 heteroatoms. The summed E-state index contributed by atoms with van der Waals surface area (Å²) in [6.45, 7) is 2.36. The van der Waals surface area contributed by atoms with Crippen LogP contribution in [0.1, 0.15) is 27.2 Å². The monoisotopic (exact) mass is 418 g/mol. The van der Waals surface area contributed by atoms with Gasteiger partial charge in [-0.3, -0.25) is 4.79 Å². The molecule has 0 unspecified atom stereocenters. The smallest absolute Gasteiger partial charge is 0.275 e. The number of aryl methyl sites for hydroxylation is 1. The van der Waals surface area contributed by atoms with Gasteiger partial charge in [0.15, 0.2) is 0 Å². The lowest BCUT2D eigenvalue weighted by Gasteiger charge is -2.05. The van der Waals surface area contributed by atoms with Crippen molar-refractivity contribution >= 4 is 34.5 Å². The zero-order valence-corrected chi connectivity index (χ0v) is 17.0. The third-order valence-corrected chi connectivity index (χ3v) is 5.15. The van der Waals surface area contributed by atoms with Gasteiger partial charge in [0.25, 0.3) is 5.91 Å². The van der Waals surface area contributed by atoms with Crippen molar-refractivity contribution in [3.05, 3.63) is 94.3 Å². The Balaban J connectivity index is 1.51. The molecule has 4 aromatic rings. The third kappa shape index (κ3) is 4.04. The first kappa shape index (κ1) is 19.7. The number of aromatic nitrogens is 2. The van der Waals surface area contributed by atoms with Gasteiger partial charge in [0.2, 0.25) is 0 Å². The van der Waals surface area contributed by atoms with Crippen LogP contribution in [0.4, 0.5) is 0 Å². The van der Waals surface area contributed by atoms with E-state index in [1.807, 2.05) is 61.5 Å². The second-order valence-corrected chi connectivity index (χ2v) is 7.21. The lowest BCUT2D eigenvalue weighted by Crippen LogP contribution is -2.17. The van der Waals surface area contributed by atoms with Gasteiger partial charge in [-0.05, 0) is 35.4 Å². The number of nitrogens with one attached hydrogen (secondary N) is 1. The summed E-state index contributed by atoms with van der Waals surface area (Å²) in [5, 5.41) is 20.8. The van der Waals surface area contributed by atoms with Crippen LogP contribution < -0.4 is 5.43 Å². The SMILES string of the molecule is Cc1nn(Cc2ccccc2)c(Cl)c1/C=N/NC(=O)c1cc2ccccc2cc1O. The van der Waals surface area contributed by atoms with Crippen molar-refractivity contribution in [2.75, 3.05) is 0 Å². The van der Waals surface area contributed by atoms with Crippen molar-refractivity contribution in [3.8, 4) is 5.75 Å². The van der Waals surface area contributed by atoms with Gasteiger partial charge < -0.3 is 5.11 Å². The lowest BCUT2D eigenvalue weighted by atomic mass is 10.1. The highest BCUT2D eigenvalue weighted by Gasteiger charge is 2.14. The maximum atomic E-state index is 12.5. The average molecular weight is 419 g/mol. The van der Waals surface area contributed by atoms with Gasteiger partial charge in [0, 0.05) is 0 Å². The Labute approximate surface area is 178 Å². The number of hydrogen-bond donors (Lipinski definition) is 2. The van der Waals surface area contributed by atoms with Crippen LogP contribution in [0.2, 0.25) is 5.15 Å². The minimum absolute atomic E-state index is 0.105. The summed E-state index contributed by atoms with van der Waals surface area (Å²) in [5.74, 6) is -0.619. The number of benzene rings is 3. The van der Waals surface area contributed by atoms with Gasteiger partial charge in [-0.2, -0.15) is 10.2 Å². The maximum Gasteiger partial charge on any atom is 0.275 e. The van der Waals surface area contributed by atoms with Crippen LogP contribution in [0.3, 0.4) is 0 Å². The van der Waals surface area contributed by atoms with Gasteiger partial charge in [0.05, 0.1) is 29.6 Å². The van der Waals surface area contributed by atoms with E-state index in [1.165, 1.54) is 6.21 Å². The molecule has 3 aromatic carbocycles. The Bertz CT molecular complexity index is 1250. The van der Waals surface area contributed by atoms with E-state index < -0.39 is 5.91 Å². The first-order valence-electron chi connectivity index (χ1n) is 9.35. The fraction of sp³-hybridized carbons (Fsp3) is 0.0870. The number of fused-ring (bicyclic) bond motifs is 1. The van der Waals surface area contributed by atoms with Crippen molar-refractivity contribution in [1.29, 1.82) is 0 Å². The molecule has 1 heterocycles. The Morgan fingerprint density at radius 1 is 1.13 bits per heavy atom. The Kier molecular flexibility index (Phi) is 5.50. The van der Waals surface area contributed by atoms with Crippen molar-refractivity contribution in [3.63, 3.8) is 0 Å². The summed E-state index contributed by atoms with van der Waals surface area (Å²) in [7, 11) is 0. The number of hydrogen-bond acceptors (Lipinski definition) is 4. The highest BCUT2D eigenvalue weighted by Crippen LogP contribution is 2.25. The summed E-state index contributed by atoms with van der Waals surface area (Å²) in [5.41, 5.74) is 4.98. The summed E-state index contributed by atoms with van der Waals surface area (Å²) in [4.78, 5) is 12.5. The van der Waals surface area contributed by atoms with Crippen LogP contribution in [0, 0.1) is 6.92 Å². The Hall–Kier alpha value is -3.64. The van der Waals surface area contributed by atoms with Gasteiger partial charge in [-0.15, -0.1) is 0 Å². The standard InChI is InChI=1S/C23H19ClN4O2/c1-15-20(22(24)28(27-15)14-16-7-3-2-4-8-16)13-25-26-23(30)19-11-17-9-5-6-10-18(17)12-21(19)29/h2-13,29H,14H2,1H3,(H,26,30)/b25-13+. The molecule has 4 rings (SSSR count). The first-order valence-corrected chi connectivity index (χ1v) is 9.72. The molecule has 1 aromatic heterocycles. The highest BCUT2D eigenvalue weighted by molar-refractivity contribution is 6.32. The second kappa shape index (κ2) is 8.39. The van der Waals surface area contributed by atoms with Crippen LogP contribution in [0.5, 0.6) is 5.75 Å². The van der Waals surface area contributed by atoms with E-state index in [1.54, 1.807) is 16.8 Å². The van der Waals surface area contributed by atoms with Crippen LogP contribution >= 0.6 is 11.6 Å². The number of hydrazone groups is 1. The van der Waals surface area contributed by atoms with Gasteiger partial charge >= 0.3 is 0 Å². The molecule has 0 bridgehead atoms. The molecule has 150 valence electrons. The quantitative estimate of drug-likeness (QED) is 0.369. The molecule has 0 radical (unpaired) electrons. The maximum absolute atomic E-state index is 12.5. The molecule has 1 amide bonds. The number of halogens is 1. The van der Waals surface area contributed by atoms with E-state index in [0.29, 0.717) is 23.0 Å². The first-order chi connectivity index (χ1) is 14.5. The molecular formula is C23H19ClN4O2.